The molecule has 22 heavy (non-hydrogen) atoms. The molecule has 0 saturated heterocycles. The molecular weight excluding hydrogens is 280 g/mol. The number of rotatable bonds is 6. The third-order valence-corrected chi connectivity index (χ3v) is 3.96. The molecule has 0 unspecified atom stereocenters. The zero-order valence-electron chi connectivity index (χ0n) is 13.4. The molecule has 0 bridgehead atoms. The van der Waals surface area contributed by atoms with Gasteiger partial charge in [0, 0.05) is 39.4 Å². The van der Waals surface area contributed by atoms with Gasteiger partial charge in [0.2, 0.25) is 11.8 Å². The van der Waals surface area contributed by atoms with Crippen LogP contribution in [0.25, 0.3) is 0 Å². The summed E-state index contributed by atoms with van der Waals surface area (Å²) in [5.74, 6) is -0.0884. The Labute approximate surface area is 131 Å². The molecular formula is C17H24N2O3. The molecule has 0 aromatic heterocycles. The fraction of sp³-hybridized carbons (Fsp3) is 0.529. The Kier molecular flexibility index (Phi) is 5.95. The third kappa shape index (κ3) is 4.07. The number of carbonyl (C=O) groups excluding carboxylic acids is 2. The molecule has 120 valence electrons. The number of carbonyl (C=O) groups is 2. The number of para-hydroxylation sites is 1. The lowest BCUT2D eigenvalue weighted by Crippen LogP contribution is -2.44. The number of amides is 2. The second kappa shape index (κ2) is 7.94. The van der Waals surface area contributed by atoms with Crippen molar-refractivity contribution in [3.63, 3.8) is 0 Å². The van der Waals surface area contributed by atoms with E-state index in [-0.39, 0.29) is 18.4 Å². The summed E-state index contributed by atoms with van der Waals surface area (Å²) in [5.41, 5.74) is 2.19. The van der Waals surface area contributed by atoms with Crippen molar-refractivity contribution >= 4 is 17.5 Å². The number of aryl methyl sites for hydroxylation is 1. The van der Waals surface area contributed by atoms with Crippen molar-refractivity contribution in [2.24, 2.45) is 0 Å². The van der Waals surface area contributed by atoms with Gasteiger partial charge in [-0.1, -0.05) is 18.2 Å². The molecule has 0 atom stereocenters. The lowest BCUT2D eigenvalue weighted by molar-refractivity contribution is -0.133. The molecule has 0 aliphatic carbocycles. The normalized spacial score (nSPS) is 13.6. The number of hydrogen-bond acceptors (Lipinski definition) is 3. The molecule has 1 aromatic carbocycles. The third-order valence-electron chi connectivity index (χ3n) is 3.96. The second-order valence-corrected chi connectivity index (χ2v) is 5.56. The molecule has 2 amide bonds. The molecule has 0 radical (unpaired) electrons. The van der Waals surface area contributed by atoms with Gasteiger partial charge in [0.15, 0.2) is 0 Å². The van der Waals surface area contributed by atoms with E-state index in [0.717, 1.165) is 31.5 Å². The van der Waals surface area contributed by atoms with Crippen LogP contribution in [0, 0.1) is 0 Å². The predicted molar refractivity (Wildman–Crippen MR) is 85.9 cm³/mol. The van der Waals surface area contributed by atoms with E-state index in [0.29, 0.717) is 13.2 Å². The molecule has 0 fully saturated rings. The van der Waals surface area contributed by atoms with Crippen LogP contribution in [0.3, 0.4) is 0 Å². The minimum absolute atomic E-state index is 0.0141. The van der Waals surface area contributed by atoms with Crippen molar-refractivity contribution in [1.82, 2.24) is 4.90 Å². The van der Waals surface area contributed by atoms with Crippen molar-refractivity contribution in [3.8, 4) is 0 Å². The topological polar surface area (TPSA) is 49.9 Å². The van der Waals surface area contributed by atoms with E-state index in [1.165, 1.54) is 12.5 Å². The minimum Gasteiger partial charge on any atom is -0.385 e. The lowest BCUT2D eigenvalue weighted by atomic mass is 10.0. The van der Waals surface area contributed by atoms with Gasteiger partial charge in [-0.3, -0.25) is 9.59 Å². The van der Waals surface area contributed by atoms with Gasteiger partial charge in [0.05, 0.1) is 0 Å². The highest BCUT2D eigenvalue weighted by Crippen LogP contribution is 2.26. The van der Waals surface area contributed by atoms with Crippen LogP contribution in [0.1, 0.15) is 25.3 Å². The number of fused-ring (bicyclic) bond motifs is 1. The van der Waals surface area contributed by atoms with Crippen LogP contribution < -0.4 is 4.90 Å². The van der Waals surface area contributed by atoms with Gasteiger partial charge in [0.25, 0.3) is 0 Å². The van der Waals surface area contributed by atoms with Gasteiger partial charge in [-0.2, -0.15) is 0 Å². The maximum Gasteiger partial charge on any atom is 0.246 e. The Morgan fingerprint density at radius 1 is 1.32 bits per heavy atom. The highest BCUT2D eigenvalue weighted by molar-refractivity contribution is 5.97. The van der Waals surface area contributed by atoms with E-state index in [2.05, 4.69) is 6.07 Å². The molecule has 5 heteroatoms. The molecule has 0 saturated carbocycles. The number of methoxy groups -OCH3 is 1. The smallest absolute Gasteiger partial charge is 0.246 e. The number of anilines is 1. The summed E-state index contributed by atoms with van der Waals surface area (Å²) >= 11 is 0. The molecule has 2 rings (SSSR count). The first-order valence-corrected chi connectivity index (χ1v) is 7.76. The lowest BCUT2D eigenvalue weighted by Gasteiger charge is -2.31. The van der Waals surface area contributed by atoms with Crippen molar-refractivity contribution in [2.75, 3.05) is 38.3 Å². The molecule has 1 heterocycles. The second-order valence-electron chi connectivity index (χ2n) is 5.56. The van der Waals surface area contributed by atoms with Gasteiger partial charge in [-0.25, -0.2) is 0 Å². The minimum atomic E-state index is -0.0743. The van der Waals surface area contributed by atoms with Gasteiger partial charge < -0.3 is 14.5 Å². The van der Waals surface area contributed by atoms with E-state index in [4.69, 9.17) is 4.74 Å². The summed E-state index contributed by atoms with van der Waals surface area (Å²) in [6, 6.07) is 8.00. The number of benzene rings is 1. The summed E-state index contributed by atoms with van der Waals surface area (Å²) < 4.78 is 5.01. The van der Waals surface area contributed by atoms with E-state index in [9.17, 15) is 9.59 Å². The van der Waals surface area contributed by atoms with Crippen LogP contribution >= 0.6 is 0 Å². The Bertz CT molecular complexity index is 530. The summed E-state index contributed by atoms with van der Waals surface area (Å²) in [6.07, 6.45) is 2.71. The van der Waals surface area contributed by atoms with E-state index < -0.39 is 0 Å². The van der Waals surface area contributed by atoms with Crippen LogP contribution in [-0.4, -0.2) is 50.1 Å². The van der Waals surface area contributed by atoms with Crippen molar-refractivity contribution < 1.29 is 14.3 Å². The van der Waals surface area contributed by atoms with Crippen LogP contribution in [0.15, 0.2) is 24.3 Å². The quantitative estimate of drug-likeness (QED) is 0.754. The summed E-state index contributed by atoms with van der Waals surface area (Å²) in [7, 11) is 1.63. The number of hydrogen-bond donors (Lipinski definition) is 0. The largest absolute Gasteiger partial charge is 0.385 e. The average Bonchev–Trinajstić information content (AvgIpc) is 2.53. The van der Waals surface area contributed by atoms with Crippen LogP contribution in [0.2, 0.25) is 0 Å². The molecule has 5 nitrogen and oxygen atoms in total. The Balaban J connectivity index is 2.03. The van der Waals surface area contributed by atoms with Crippen LogP contribution in [-0.2, 0) is 20.7 Å². The monoisotopic (exact) mass is 304 g/mol. The maximum atomic E-state index is 12.6. The van der Waals surface area contributed by atoms with Gasteiger partial charge in [0.1, 0.15) is 6.54 Å². The predicted octanol–water partition coefficient (Wildman–Crippen LogP) is 1.85. The zero-order valence-corrected chi connectivity index (χ0v) is 13.4. The first-order valence-electron chi connectivity index (χ1n) is 7.76. The standard InChI is InChI=1S/C17H24N2O3/c1-14(20)18(10-6-12-22-2)13-17(21)19-11-5-8-15-7-3-4-9-16(15)19/h3-4,7,9H,5-6,8,10-13H2,1-2H3. The Morgan fingerprint density at radius 2 is 2.09 bits per heavy atom. The summed E-state index contributed by atoms with van der Waals surface area (Å²) in [5, 5.41) is 0. The molecule has 1 aliphatic heterocycles. The maximum absolute atomic E-state index is 12.6. The van der Waals surface area contributed by atoms with E-state index >= 15 is 0 Å². The zero-order chi connectivity index (χ0) is 15.9. The van der Waals surface area contributed by atoms with Crippen LogP contribution in [0.4, 0.5) is 5.69 Å². The Hall–Kier alpha value is -1.88. The van der Waals surface area contributed by atoms with Crippen molar-refractivity contribution in [3.05, 3.63) is 29.8 Å². The van der Waals surface area contributed by atoms with Gasteiger partial charge in [-0.15, -0.1) is 0 Å². The Morgan fingerprint density at radius 3 is 2.82 bits per heavy atom. The van der Waals surface area contributed by atoms with Gasteiger partial charge >= 0.3 is 0 Å². The van der Waals surface area contributed by atoms with E-state index in [1.807, 2.05) is 23.1 Å². The fourth-order valence-electron chi connectivity index (χ4n) is 2.79. The fourth-order valence-corrected chi connectivity index (χ4v) is 2.79. The molecule has 1 aliphatic rings. The number of ether oxygens (including phenoxy) is 1. The van der Waals surface area contributed by atoms with Crippen LogP contribution in [0.5, 0.6) is 0 Å². The highest BCUT2D eigenvalue weighted by atomic mass is 16.5. The number of nitrogens with zero attached hydrogens (tertiary/aromatic N) is 2. The van der Waals surface area contributed by atoms with Gasteiger partial charge in [-0.05, 0) is 30.9 Å². The molecule has 0 spiro atoms. The van der Waals surface area contributed by atoms with Crippen molar-refractivity contribution in [1.29, 1.82) is 0 Å². The van der Waals surface area contributed by atoms with Crippen molar-refractivity contribution in [2.45, 2.75) is 26.2 Å². The first-order chi connectivity index (χ1) is 10.6. The summed E-state index contributed by atoms with van der Waals surface area (Å²) in [4.78, 5) is 27.7. The highest BCUT2D eigenvalue weighted by Gasteiger charge is 2.24. The van der Waals surface area contributed by atoms with E-state index in [1.54, 1.807) is 12.0 Å². The summed E-state index contributed by atoms with van der Waals surface area (Å²) in [6.45, 7) is 3.49. The molecule has 0 N–H and O–H groups in total. The first kappa shape index (κ1) is 16.5. The molecule has 1 aromatic rings. The SMILES string of the molecule is COCCCN(CC(=O)N1CCCc2ccccc21)C(C)=O. The average molecular weight is 304 g/mol.